The van der Waals surface area contributed by atoms with Gasteiger partial charge in [-0.25, -0.2) is 0 Å². The normalized spacial score (nSPS) is 20.8. The van der Waals surface area contributed by atoms with Crippen LogP contribution in [0.25, 0.3) is 0 Å². The van der Waals surface area contributed by atoms with Crippen molar-refractivity contribution >= 4 is 0 Å². The standard InChI is InChI=1S/C20H31N2O2/c1-14-9-8-10-15(2)18(14)24-13-16(3)21-12-17-11-19(4,5)22(23)20(17,6)7/h8-11,16,21H,12-13H2,1-7H3. The molecule has 0 bridgehead atoms. The van der Waals surface area contributed by atoms with Gasteiger partial charge in [0, 0.05) is 12.6 Å². The third kappa shape index (κ3) is 3.82. The minimum absolute atomic E-state index is 0.199. The Hall–Kier alpha value is -1.36. The highest BCUT2D eigenvalue weighted by atomic mass is 16.5. The van der Waals surface area contributed by atoms with E-state index in [-0.39, 0.29) is 6.04 Å². The molecule has 0 aromatic heterocycles. The summed E-state index contributed by atoms with van der Waals surface area (Å²) in [5.41, 5.74) is 2.54. The Morgan fingerprint density at radius 3 is 2.25 bits per heavy atom. The summed E-state index contributed by atoms with van der Waals surface area (Å²) in [4.78, 5) is 0. The third-order valence-corrected chi connectivity index (χ3v) is 4.87. The number of ether oxygens (including phenoxy) is 1. The number of hydrogen-bond acceptors (Lipinski definition) is 3. The van der Waals surface area contributed by atoms with E-state index in [1.54, 1.807) is 0 Å². The van der Waals surface area contributed by atoms with Gasteiger partial charge in [0.05, 0.1) is 11.1 Å². The first-order chi connectivity index (χ1) is 11.1. The molecule has 1 unspecified atom stereocenters. The monoisotopic (exact) mass is 331 g/mol. The summed E-state index contributed by atoms with van der Waals surface area (Å²) in [6, 6.07) is 6.38. The number of rotatable bonds is 6. The van der Waals surface area contributed by atoms with Gasteiger partial charge in [0.1, 0.15) is 12.4 Å². The molecule has 1 atom stereocenters. The average Bonchev–Trinajstić information content (AvgIpc) is 2.64. The van der Waals surface area contributed by atoms with Gasteiger partial charge >= 0.3 is 0 Å². The van der Waals surface area contributed by atoms with Gasteiger partial charge in [-0.2, -0.15) is 0 Å². The topological polar surface area (TPSA) is 44.4 Å². The van der Waals surface area contributed by atoms with Gasteiger partial charge in [-0.15, -0.1) is 10.3 Å². The van der Waals surface area contributed by atoms with Crippen molar-refractivity contribution in [1.29, 1.82) is 0 Å². The van der Waals surface area contributed by atoms with Crippen LogP contribution < -0.4 is 10.1 Å². The van der Waals surface area contributed by atoms with Crippen LogP contribution in [0.15, 0.2) is 29.8 Å². The number of nitrogens with zero attached hydrogens (tertiary/aromatic N) is 1. The molecular formula is C20H31N2O2. The van der Waals surface area contributed by atoms with Crippen molar-refractivity contribution in [3.63, 3.8) is 0 Å². The summed E-state index contributed by atoms with van der Waals surface area (Å²) in [6.07, 6.45) is 2.09. The molecule has 0 saturated heterocycles. The molecule has 0 aliphatic carbocycles. The smallest absolute Gasteiger partial charge is 0.125 e. The van der Waals surface area contributed by atoms with Crippen molar-refractivity contribution in [3.8, 4) is 5.75 Å². The third-order valence-electron chi connectivity index (χ3n) is 4.87. The molecule has 24 heavy (non-hydrogen) atoms. The van der Waals surface area contributed by atoms with E-state index in [0.29, 0.717) is 13.2 Å². The molecule has 0 spiro atoms. The second-order valence-electron chi connectivity index (χ2n) is 7.99. The fourth-order valence-electron chi connectivity index (χ4n) is 3.36. The maximum Gasteiger partial charge on any atom is 0.125 e. The summed E-state index contributed by atoms with van der Waals surface area (Å²) in [5.74, 6) is 0.971. The van der Waals surface area contributed by atoms with Crippen LogP contribution in [0.1, 0.15) is 45.7 Å². The van der Waals surface area contributed by atoms with Crippen LogP contribution >= 0.6 is 0 Å². The lowest BCUT2D eigenvalue weighted by molar-refractivity contribution is -0.238. The average molecular weight is 331 g/mol. The Labute approximate surface area is 146 Å². The van der Waals surface area contributed by atoms with Gasteiger partial charge in [0.2, 0.25) is 0 Å². The first kappa shape index (κ1) is 19.0. The molecule has 0 fully saturated rings. The summed E-state index contributed by atoms with van der Waals surface area (Å²) in [7, 11) is 0. The minimum atomic E-state index is -0.469. The Kier molecular flexibility index (Phi) is 5.43. The van der Waals surface area contributed by atoms with Crippen LogP contribution in [0.5, 0.6) is 5.75 Å². The highest BCUT2D eigenvalue weighted by Crippen LogP contribution is 2.38. The van der Waals surface area contributed by atoms with Crippen LogP contribution in [-0.2, 0) is 5.21 Å². The fourth-order valence-corrected chi connectivity index (χ4v) is 3.36. The van der Waals surface area contributed by atoms with E-state index in [4.69, 9.17) is 4.74 Å². The molecule has 4 heteroatoms. The van der Waals surface area contributed by atoms with Gasteiger partial charge in [0.25, 0.3) is 0 Å². The van der Waals surface area contributed by atoms with Gasteiger partial charge in [0.15, 0.2) is 0 Å². The van der Waals surface area contributed by atoms with Crippen LogP contribution in [0.2, 0.25) is 0 Å². The van der Waals surface area contributed by atoms with E-state index in [9.17, 15) is 5.21 Å². The van der Waals surface area contributed by atoms with E-state index in [1.807, 2.05) is 33.8 Å². The second kappa shape index (κ2) is 6.87. The Bertz CT molecular complexity index is 600. The minimum Gasteiger partial charge on any atom is -0.491 e. The molecule has 1 aliphatic rings. The molecule has 1 N–H and O–H groups in total. The second-order valence-corrected chi connectivity index (χ2v) is 7.99. The van der Waals surface area contributed by atoms with Crippen molar-refractivity contribution in [2.75, 3.05) is 13.2 Å². The first-order valence-corrected chi connectivity index (χ1v) is 8.68. The maximum atomic E-state index is 12.4. The van der Waals surface area contributed by atoms with Crippen molar-refractivity contribution in [2.45, 2.75) is 65.6 Å². The van der Waals surface area contributed by atoms with E-state index in [2.05, 4.69) is 44.3 Å². The summed E-state index contributed by atoms with van der Waals surface area (Å²) in [5, 5.41) is 17.1. The zero-order valence-corrected chi connectivity index (χ0v) is 16.1. The Balaban J connectivity index is 1.91. The van der Waals surface area contributed by atoms with Gasteiger partial charge in [-0.05, 0) is 65.2 Å². The SMILES string of the molecule is Cc1cccc(C)c1OCC(C)NCC1=CC(C)(C)N([O])C1(C)C. The van der Waals surface area contributed by atoms with Crippen molar-refractivity contribution < 1.29 is 9.94 Å². The number of hydrogen-bond donors (Lipinski definition) is 1. The quantitative estimate of drug-likeness (QED) is 0.806. The highest BCUT2D eigenvalue weighted by Gasteiger charge is 2.45. The molecule has 4 nitrogen and oxygen atoms in total. The molecule has 0 amide bonds. The van der Waals surface area contributed by atoms with Crippen LogP contribution in [0.4, 0.5) is 0 Å². The zero-order chi connectivity index (χ0) is 18.1. The number of para-hydroxylation sites is 1. The van der Waals surface area contributed by atoms with Gasteiger partial charge in [-0.3, -0.25) is 0 Å². The van der Waals surface area contributed by atoms with Crippen molar-refractivity contribution in [2.24, 2.45) is 0 Å². The maximum absolute atomic E-state index is 12.4. The number of benzene rings is 1. The molecule has 2 rings (SSSR count). The first-order valence-electron chi connectivity index (χ1n) is 8.68. The van der Waals surface area contributed by atoms with Crippen LogP contribution in [0, 0.1) is 13.8 Å². The largest absolute Gasteiger partial charge is 0.491 e. The number of nitrogens with one attached hydrogen (secondary N) is 1. The van der Waals surface area contributed by atoms with E-state index in [0.717, 1.165) is 22.4 Å². The molecule has 1 heterocycles. The van der Waals surface area contributed by atoms with E-state index in [1.165, 1.54) is 5.06 Å². The lowest BCUT2D eigenvalue weighted by Crippen LogP contribution is -2.48. The molecule has 133 valence electrons. The molecule has 1 aromatic carbocycles. The zero-order valence-electron chi connectivity index (χ0n) is 16.1. The van der Waals surface area contributed by atoms with E-state index < -0.39 is 11.1 Å². The predicted molar refractivity (Wildman–Crippen MR) is 97.6 cm³/mol. The molecule has 0 saturated carbocycles. The predicted octanol–water partition coefficient (Wildman–Crippen LogP) is 3.81. The highest BCUT2D eigenvalue weighted by molar-refractivity contribution is 5.39. The van der Waals surface area contributed by atoms with Crippen LogP contribution in [-0.4, -0.2) is 35.3 Å². The molecular weight excluding hydrogens is 300 g/mol. The summed E-state index contributed by atoms with van der Waals surface area (Å²) < 4.78 is 6.00. The van der Waals surface area contributed by atoms with Crippen LogP contribution in [0.3, 0.4) is 0 Å². The lowest BCUT2D eigenvalue weighted by Gasteiger charge is -2.34. The van der Waals surface area contributed by atoms with Crippen molar-refractivity contribution in [3.05, 3.63) is 41.0 Å². The Morgan fingerprint density at radius 1 is 1.17 bits per heavy atom. The fraction of sp³-hybridized carbons (Fsp3) is 0.600. The van der Waals surface area contributed by atoms with Crippen molar-refractivity contribution in [1.82, 2.24) is 10.4 Å². The molecule has 1 radical (unpaired) electrons. The summed E-state index contributed by atoms with van der Waals surface area (Å²) in [6.45, 7) is 15.4. The van der Waals surface area contributed by atoms with Gasteiger partial charge in [-0.1, -0.05) is 24.3 Å². The Morgan fingerprint density at radius 2 is 1.75 bits per heavy atom. The number of hydroxylamine groups is 2. The van der Waals surface area contributed by atoms with E-state index >= 15 is 0 Å². The van der Waals surface area contributed by atoms with Gasteiger partial charge < -0.3 is 10.1 Å². The molecule has 1 aromatic rings. The number of aryl methyl sites for hydroxylation is 2. The lowest BCUT2D eigenvalue weighted by atomic mass is 9.96. The molecule has 1 aliphatic heterocycles. The summed E-state index contributed by atoms with van der Waals surface area (Å²) >= 11 is 0.